The third-order valence-corrected chi connectivity index (χ3v) is 1.46. The summed E-state index contributed by atoms with van der Waals surface area (Å²) in [6.07, 6.45) is 2.66. The summed E-state index contributed by atoms with van der Waals surface area (Å²) in [6, 6.07) is 1.90. The zero-order valence-electron chi connectivity index (χ0n) is 7.41. The Hall–Kier alpha value is -1.16. The molecular weight excluding hydrogens is 152 g/mol. The van der Waals surface area contributed by atoms with Crippen LogP contribution in [0.2, 0.25) is 0 Å². The molecule has 0 fully saturated rings. The molecule has 12 heavy (non-hydrogen) atoms. The lowest BCUT2D eigenvalue weighted by molar-refractivity contribution is 0.634. The van der Waals surface area contributed by atoms with Gasteiger partial charge in [-0.25, -0.2) is 15.8 Å². The van der Waals surface area contributed by atoms with Gasteiger partial charge in [0.05, 0.1) is 0 Å². The Balaban J connectivity index is 2.72. The van der Waals surface area contributed by atoms with Crippen LogP contribution in [0.5, 0.6) is 0 Å². The Labute approximate surface area is 72.2 Å². The van der Waals surface area contributed by atoms with Gasteiger partial charge in [-0.05, 0) is 18.4 Å². The maximum atomic E-state index is 5.17. The SMILES string of the molecule is CC(C)Cc1ccnc(NN)n1. The van der Waals surface area contributed by atoms with E-state index in [0.717, 1.165) is 12.1 Å². The van der Waals surface area contributed by atoms with Gasteiger partial charge < -0.3 is 0 Å². The molecule has 0 spiro atoms. The van der Waals surface area contributed by atoms with Gasteiger partial charge in [-0.15, -0.1) is 0 Å². The molecule has 0 saturated carbocycles. The first-order valence-electron chi connectivity index (χ1n) is 4.01. The van der Waals surface area contributed by atoms with Gasteiger partial charge in [0, 0.05) is 11.9 Å². The number of nitrogens with two attached hydrogens (primary N) is 1. The second-order valence-corrected chi connectivity index (χ2v) is 3.11. The molecule has 0 bridgehead atoms. The van der Waals surface area contributed by atoms with Crippen molar-refractivity contribution in [3.05, 3.63) is 18.0 Å². The van der Waals surface area contributed by atoms with Crippen LogP contribution in [0.3, 0.4) is 0 Å². The van der Waals surface area contributed by atoms with E-state index in [4.69, 9.17) is 5.84 Å². The molecule has 3 N–H and O–H groups in total. The molecule has 0 amide bonds. The summed E-state index contributed by atoms with van der Waals surface area (Å²) in [5.74, 6) is 6.26. The molecule has 1 aromatic rings. The maximum absolute atomic E-state index is 5.17. The summed E-state index contributed by atoms with van der Waals surface area (Å²) >= 11 is 0. The Morgan fingerprint density at radius 2 is 2.33 bits per heavy atom. The Morgan fingerprint density at radius 1 is 1.58 bits per heavy atom. The van der Waals surface area contributed by atoms with Crippen molar-refractivity contribution in [3.63, 3.8) is 0 Å². The monoisotopic (exact) mass is 166 g/mol. The van der Waals surface area contributed by atoms with E-state index in [2.05, 4.69) is 29.2 Å². The Kier molecular flexibility index (Phi) is 2.99. The standard InChI is InChI=1S/C8H14N4/c1-6(2)5-7-3-4-10-8(11-7)12-9/h3-4,6H,5,9H2,1-2H3,(H,10,11,12). The predicted octanol–water partition coefficient (Wildman–Crippen LogP) is 0.961. The van der Waals surface area contributed by atoms with Crippen LogP contribution in [0.25, 0.3) is 0 Å². The number of hydrogen-bond donors (Lipinski definition) is 2. The van der Waals surface area contributed by atoms with Gasteiger partial charge >= 0.3 is 0 Å². The minimum atomic E-state index is 0.480. The number of rotatable bonds is 3. The van der Waals surface area contributed by atoms with Gasteiger partial charge in [-0.2, -0.15) is 0 Å². The molecule has 0 aliphatic rings. The molecule has 1 rings (SSSR count). The van der Waals surface area contributed by atoms with Crippen LogP contribution in [-0.4, -0.2) is 9.97 Å². The van der Waals surface area contributed by atoms with Crippen LogP contribution in [0.4, 0.5) is 5.95 Å². The molecule has 1 aromatic heterocycles. The number of hydrogen-bond acceptors (Lipinski definition) is 4. The molecule has 0 atom stereocenters. The van der Waals surface area contributed by atoms with Crippen molar-refractivity contribution in [2.24, 2.45) is 11.8 Å². The second kappa shape index (κ2) is 4.01. The van der Waals surface area contributed by atoms with E-state index in [1.54, 1.807) is 6.20 Å². The smallest absolute Gasteiger partial charge is 0.237 e. The predicted molar refractivity (Wildman–Crippen MR) is 48.4 cm³/mol. The molecule has 0 radical (unpaired) electrons. The summed E-state index contributed by atoms with van der Waals surface area (Å²) < 4.78 is 0. The lowest BCUT2D eigenvalue weighted by atomic mass is 10.1. The topological polar surface area (TPSA) is 63.8 Å². The molecule has 4 nitrogen and oxygen atoms in total. The van der Waals surface area contributed by atoms with Crippen molar-refractivity contribution in [1.82, 2.24) is 9.97 Å². The fourth-order valence-corrected chi connectivity index (χ4v) is 0.998. The molecule has 0 unspecified atom stereocenters. The summed E-state index contributed by atoms with van der Waals surface area (Å²) in [4.78, 5) is 8.10. The highest BCUT2D eigenvalue weighted by Crippen LogP contribution is 2.05. The van der Waals surface area contributed by atoms with Crippen LogP contribution in [-0.2, 0) is 6.42 Å². The Bertz CT molecular complexity index is 247. The van der Waals surface area contributed by atoms with Crippen molar-refractivity contribution in [2.45, 2.75) is 20.3 Å². The highest BCUT2D eigenvalue weighted by molar-refractivity contribution is 5.22. The first kappa shape index (κ1) is 8.93. The van der Waals surface area contributed by atoms with E-state index in [0.29, 0.717) is 11.9 Å². The molecule has 0 aliphatic heterocycles. The van der Waals surface area contributed by atoms with Gasteiger partial charge in [0.2, 0.25) is 5.95 Å². The summed E-state index contributed by atoms with van der Waals surface area (Å²) in [5.41, 5.74) is 3.44. The van der Waals surface area contributed by atoms with Crippen LogP contribution >= 0.6 is 0 Å². The quantitative estimate of drug-likeness (QED) is 0.518. The average Bonchev–Trinajstić information content (AvgIpc) is 2.03. The third kappa shape index (κ3) is 2.47. The van der Waals surface area contributed by atoms with E-state index in [1.807, 2.05) is 6.07 Å². The largest absolute Gasteiger partial charge is 0.292 e. The molecule has 0 aromatic carbocycles. The first-order valence-corrected chi connectivity index (χ1v) is 4.01. The molecule has 1 heterocycles. The highest BCUT2D eigenvalue weighted by atomic mass is 15.3. The fourth-order valence-electron chi connectivity index (χ4n) is 0.998. The van der Waals surface area contributed by atoms with Gasteiger partial charge in [-0.1, -0.05) is 13.8 Å². The van der Waals surface area contributed by atoms with Gasteiger partial charge in [0.1, 0.15) is 0 Å². The molecular formula is C8H14N4. The van der Waals surface area contributed by atoms with Crippen LogP contribution in [0.15, 0.2) is 12.3 Å². The van der Waals surface area contributed by atoms with Crippen LogP contribution in [0, 0.1) is 5.92 Å². The maximum Gasteiger partial charge on any atom is 0.237 e. The number of anilines is 1. The molecule has 0 saturated heterocycles. The van der Waals surface area contributed by atoms with E-state index < -0.39 is 0 Å². The first-order chi connectivity index (χ1) is 5.72. The number of nitrogens with zero attached hydrogens (tertiary/aromatic N) is 2. The minimum Gasteiger partial charge on any atom is -0.292 e. The zero-order valence-corrected chi connectivity index (χ0v) is 7.41. The second-order valence-electron chi connectivity index (χ2n) is 3.11. The summed E-state index contributed by atoms with van der Waals surface area (Å²) in [7, 11) is 0. The fraction of sp³-hybridized carbons (Fsp3) is 0.500. The van der Waals surface area contributed by atoms with Crippen LogP contribution < -0.4 is 11.3 Å². The van der Waals surface area contributed by atoms with Crippen molar-refractivity contribution in [1.29, 1.82) is 0 Å². The minimum absolute atomic E-state index is 0.480. The number of nitrogens with one attached hydrogen (secondary N) is 1. The number of nitrogen functional groups attached to an aromatic ring is 1. The average molecular weight is 166 g/mol. The number of hydrazine groups is 1. The molecule has 0 aliphatic carbocycles. The highest BCUT2D eigenvalue weighted by Gasteiger charge is 1.99. The van der Waals surface area contributed by atoms with E-state index >= 15 is 0 Å². The van der Waals surface area contributed by atoms with Gasteiger partial charge in [0.15, 0.2) is 0 Å². The van der Waals surface area contributed by atoms with Crippen molar-refractivity contribution < 1.29 is 0 Å². The van der Waals surface area contributed by atoms with Gasteiger partial charge in [-0.3, -0.25) is 5.43 Å². The van der Waals surface area contributed by atoms with Crippen molar-refractivity contribution in [3.8, 4) is 0 Å². The van der Waals surface area contributed by atoms with Crippen molar-refractivity contribution >= 4 is 5.95 Å². The lowest BCUT2D eigenvalue weighted by Gasteiger charge is -2.04. The number of aromatic nitrogens is 2. The normalized spacial score (nSPS) is 10.3. The van der Waals surface area contributed by atoms with E-state index in [1.165, 1.54) is 0 Å². The third-order valence-electron chi connectivity index (χ3n) is 1.46. The van der Waals surface area contributed by atoms with E-state index in [9.17, 15) is 0 Å². The Morgan fingerprint density at radius 3 is 2.92 bits per heavy atom. The van der Waals surface area contributed by atoms with Gasteiger partial charge in [0.25, 0.3) is 0 Å². The summed E-state index contributed by atoms with van der Waals surface area (Å²) in [5, 5.41) is 0. The summed E-state index contributed by atoms with van der Waals surface area (Å²) in [6.45, 7) is 4.30. The molecule has 66 valence electrons. The van der Waals surface area contributed by atoms with Crippen molar-refractivity contribution in [2.75, 3.05) is 5.43 Å². The molecule has 4 heteroatoms. The van der Waals surface area contributed by atoms with Crippen LogP contribution in [0.1, 0.15) is 19.5 Å². The van der Waals surface area contributed by atoms with E-state index in [-0.39, 0.29) is 0 Å². The lowest BCUT2D eigenvalue weighted by Crippen LogP contribution is -2.11. The zero-order chi connectivity index (χ0) is 8.97.